The summed E-state index contributed by atoms with van der Waals surface area (Å²) in [5, 5.41) is 0. The van der Waals surface area contributed by atoms with Crippen LogP contribution in [-0.4, -0.2) is 24.5 Å². The van der Waals surface area contributed by atoms with Gasteiger partial charge in [-0.25, -0.2) is 0 Å². The summed E-state index contributed by atoms with van der Waals surface area (Å²) in [6.45, 7) is 12.1. The molecular weight excluding hydrogens is 220 g/mol. The molecule has 2 N–H and O–H groups in total. The van der Waals surface area contributed by atoms with Crippen molar-refractivity contribution in [3.63, 3.8) is 0 Å². The Morgan fingerprint density at radius 3 is 2.22 bits per heavy atom. The van der Waals surface area contributed by atoms with Crippen LogP contribution < -0.4 is 5.73 Å². The number of likely N-dealkylation sites (N-methyl/N-ethyl adjacent to an activating group) is 1. The second-order valence-corrected chi connectivity index (χ2v) is 6.64. The van der Waals surface area contributed by atoms with Crippen molar-refractivity contribution in [3.05, 3.63) is 35.4 Å². The lowest BCUT2D eigenvalue weighted by atomic mass is 9.91. The third kappa shape index (κ3) is 4.11. The van der Waals surface area contributed by atoms with Gasteiger partial charge < -0.3 is 5.73 Å². The molecule has 0 radical (unpaired) electrons. The predicted octanol–water partition coefficient (Wildman–Crippen LogP) is 3.36. The smallest absolute Gasteiger partial charge is 0.0496 e. The summed E-state index contributed by atoms with van der Waals surface area (Å²) in [4.78, 5) is 2.38. The zero-order valence-electron chi connectivity index (χ0n) is 12.7. The average Bonchev–Trinajstić information content (AvgIpc) is 2.17. The van der Waals surface area contributed by atoms with E-state index in [9.17, 15) is 0 Å². The van der Waals surface area contributed by atoms with Gasteiger partial charge in [0.2, 0.25) is 0 Å². The molecule has 0 aliphatic heterocycles. The van der Waals surface area contributed by atoms with Crippen molar-refractivity contribution in [2.45, 2.75) is 46.7 Å². The first kappa shape index (κ1) is 15.2. The second kappa shape index (κ2) is 5.85. The molecular formula is C16H28N2. The van der Waals surface area contributed by atoms with Gasteiger partial charge in [0.1, 0.15) is 0 Å². The molecule has 0 saturated heterocycles. The molecule has 1 rings (SSSR count). The van der Waals surface area contributed by atoms with Crippen molar-refractivity contribution in [2.75, 3.05) is 13.6 Å². The molecule has 1 aromatic rings. The average molecular weight is 248 g/mol. The fourth-order valence-corrected chi connectivity index (χ4v) is 2.69. The van der Waals surface area contributed by atoms with E-state index in [1.54, 1.807) is 0 Å². The Morgan fingerprint density at radius 2 is 1.78 bits per heavy atom. The van der Waals surface area contributed by atoms with Crippen LogP contribution in [0.5, 0.6) is 0 Å². The monoisotopic (exact) mass is 248 g/mol. The van der Waals surface area contributed by atoms with E-state index in [0.29, 0.717) is 0 Å². The Bertz CT molecular complexity index is 377. The van der Waals surface area contributed by atoms with Crippen molar-refractivity contribution in [3.8, 4) is 0 Å². The highest BCUT2D eigenvalue weighted by Crippen LogP contribution is 2.28. The van der Waals surface area contributed by atoms with E-state index in [1.165, 1.54) is 11.1 Å². The second-order valence-electron chi connectivity index (χ2n) is 6.64. The van der Waals surface area contributed by atoms with Crippen LogP contribution in [0.15, 0.2) is 24.3 Å². The highest BCUT2D eigenvalue weighted by Gasteiger charge is 2.25. The van der Waals surface area contributed by atoms with Crippen LogP contribution in [0.2, 0.25) is 0 Å². The van der Waals surface area contributed by atoms with E-state index in [4.69, 9.17) is 5.73 Å². The van der Waals surface area contributed by atoms with Gasteiger partial charge >= 0.3 is 0 Å². The summed E-state index contributed by atoms with van der Waals surface area (Å²) in [7, 11) is 2.17. The van der Waals surface area contributed by atoms with Crippen LogP contribution in [0.4, 0.5) is 0 Å². The van der Waals surface area contributed by atoms with Crippen molar-refractivity contribution in [2.24, 2.45) is 11.1 Å². The van der Waals surface area contributed by atoms with Crippen LogP contribution in [-0.2, 0) is 0 Å². The molecule has 0 amide bonds. The number of nitrogens with zero attached hydrogens (tertiary/aromatic N) is 1. The lowest BCUT2D eigenvalue weighted by Crippen LogP contribution is -2.41. The molecule has 0 spiro atoms. The summed E-state index contributed by atoms with van der Waals surface area (Å²) >= 11 is 0. The number of rotatable bonds is 4. The van der Waals surface area contributed by atoms with Gasteiger partial charge in [-0.15, -0.1) is 0 Å². The van der Waals surface area contributed by atoms with Gasteiger partial charge in [0.15, 0.2) is 0 Å². The molecule has 0 aliphatic carbocycles. The largest absolute Gasteiger partial charge is 0.326 e. The normalized spacial score (nSPS) is 15.8. The molecule has 2 heteroatoms. The lowest BCUT2D eigenvalue weighted by molar-refractivity contribution is 0.156. The number of hydrogen-bond acceptors (Lipinski definition) is 2. The molecule has 0 saturated carbocycles. The van der Waals surface area contributed by atoms with Gasteiger partial charge in [0.05, 0.1) is 0 Å². The minimum Gasteiger partial charge on any atom is -0.326 e. The molecule has 18 heavy (non-hydrogen) atoms. The van der Waals surface area contributed by atoms with Gasteiger partial charge in [0.25, 0.3) is 0 Å². The molecule has 0 bridgehead atoms. The molecule has 2 atom stereocenters. The number of aryl methyl sites for hydroxylation is 1. The molecule has 0 aromatic heterocycles. The van der Waals surface area contributed by atoms with E-state index in [-0.39, 0.29) is 17.5 Å². The fourth-order valence-electron chi connectivity index (χ4n) is 2.69. The molecule has 2 unspecified atom stereocenters. The minimum absolute atomic E-state index is 0.124. The zero-order valence-corrected chi connectivity index (χ0v) is 12.7. The van der Waals surface area contributed by atoms with Crippen molar-refractivity contribution in [1.82, 2.24) is 4.90 Å². The highest BCUT2D eigenvalue weighted by atomic mass is 15.1. The Labute approximate surface area is 112 Å². The van der Waals surface area contributed by atoms with Crippen LogP contribution in [0.25, 0.3) is 0 Å². The van der Waals surface area contributed by atoms with Crippen molar-refractivity contribution < 1.29 is 0 Å². The van der Waals surface area contributed by atoms with E-state index >= 15 is 0 Å². The first-order valence-corrected chi connectivity index (χ1v) is 6.74. The third-order valence-electron chi connectivity index (χ3n) is 3.20. The van der Waals surface area contributed by atoms with E-state index in [0.717, 1.165) is 6.54 Å². The van der Waals surface area contributed by atoms with Gasteiger partial charge in [-0.2, -0.15) is 0 Å². The summed E-state index contributed by atoms with van der Waals surface area (Å²) in [6, 6.07) is 8.95. The minimum atomic E-state index is 0.124. The van der Waals surface area contributed by atoms with Crippen LogP contribution in [0.1, 0.15) is 44.9 Å². The summed E-state index contributed by atoms with van der Waals surface area (Å²) < 4.78 is 0. The number of benzene rings is 1. The molecule has 0 aliphatic rings. The third-order valence-corrected chi connectivity index (χ3v) is 3.20. The van der Waals surface area contributed by atoms with Crippen molar-refractivity contribution >= 4 is 0 Å². The van der Waals surface area contributed by atoms with Crippen molar-refractivity contribution in [1.29, 1.82) is 0 Å². The topological polar surface area (TPSA) is 29.3 Å². The standard InChI is InChI=1S/C16H28N2/c1-12-9-7-8-10-14(12)15(13(2)17)18(6)11-16(3,4)5/h7-10,13,15H,11,17H2,1-6H3. The predicted molar refractivity (Wildman–Crippen MR) is 79.7 cm³/mol. The Morgan fingerprint density at radius 1 is 1.22 bits per heavy atom. The van der Waals surface area contributed by atoms with Gasteiger partial charge in [-0.05, 0) is 37.4 Å². The number of hydrogen-bond donors (Lipinski definition) is 1. The van der Waals surface area contributed by atoms with Gasteiger partial charge in [-0.1, -0.05) is 45.0 Å². The first-order valence-electron chi connectivity index (χ1n) is 6.74. The zero-order chi connectivity index (χ0) is 13.9. The number of nitrogens with two attached hydrogens (primary N) is 1. The maximum Gasteiger partial charge on any atom is 0.0496 e. The Kier molecular flexibility index (Phi) is 4.94. The van der Waals surface area contributed by atoms with Gasteiger partial charge in [0, 0.05) is 18.6 Å². The molecule has 1 aromatic carbocycles. The van der Waals surface area contributed by atoms with Crippen LogP contribution in [0.3, 0.4) is 0 Å². The summed E-state index contributed by atoms with van der Waals surface area (Å²) in [5.41, 5.74) is 9.16. The maximum absolute atomic E-state index is 6.22. The highest BCUT2D eigenvalue weighted by molar-refractivity contribution is 5.29. The Hall–Kier alpha value is -0.860. The van der Waals surface area contributed by atoms with Gasteiger partial charge in [-0.3, -0.25) is 4.90 Å². The molecule has 0 fully saturated rings. The quantitative estimate of drug-likeness (QED) is 0.885. The van der Waals surface area contributed by atoms with E-state index < -0.39 is 0 Å². The first-order chi connectivity index (χ1) is 8.22. The molecule has 0 heterocycles. The summed E-state index contributed by atoms with van der Waals surface area (Å²) in [6.07, 6.45) is 0. The molecule has 102 valence electrons. The maximum atomic E-state index is 6.22. The lowest BCUT2D eigenvalue weighted by Gasteiger charge is -2.36. The Balaban J connectivity index is 3.00. The van der Waals surface area contributed by atoms with Crippen LogP contribution >= 0.6 is 0 Å². The SMILES string of the molecule is Cc1ccccc1C(C(C)N)N(C)CC(C)(C)C. The van der Waals surface area contributed by atoms with E-state index in [2.05, 4.69) is 70.8 Å². The molecule has 2 nitrogen and oxygen atoms in total. The summed E-state index contributed by atoms with van der Waals surface area (Å²) in [5.74, 6) is 0. The van der Waals surface area contributed by atoms with E-state index in [1.807, 2.05) is 0 Å². The van der Waals surface area contributed by atoms with Crippen LogP contribution in [0, 0.1) is 12.3 Å². The fraction of sp³-hybridized carbons (Fsp3) is 0.625.